The predicted molar refractivity (Wildman–Crippen MR) is 107 cm³/mol. The molecule has 1 aromatic carbocycles. The number of halogens is 1. The highest BCUT2D eigenvalue weighted by Gasteiger charge is 2.44. The number of hydrogen-bond acceptors (Lipinski definition) is 3. The van der Waals surface area contributed by atoms with Crippen LogP contribution in [0.25, 0.3) is 0 Å². The fourth-order valence-corrected chi connectivity index (χ4v) is 4.07. The summed E-state index contributed by atoms with van der Waals surface area (Å²) >= 11 is 5.99. The maximum absolute atomic E-state index is 12.8. The molecule has 0 N–H and O–H groups in total. The second-order valence-electron chi connectivity index (χ2n) is 8.50. The van der Waals surface area contributed by atoms with Gasteiger partial charge in [0.25, 0.3) is 0 Å². The second kappa shape index (κ2) is 8.22. The van der Waals surface area contributed by atoms with E-state index in [9.17, 15) is 9.59 Å². The van der Waals surface area contributed by atoms with Crippen LogP contribution in [0, 0.1) is 10.8 Å². The van der Waals surface area contributed by atoms with E-state index in [1.165, 1.54) is 12.8 Å². The molecule has 2 fully saturated rings. The van der Waals surface area contributed by atoms with Crippen molar-refractivity contribution in [2.24, 2.45) is 10.8 Å². The van der Waals surface area contributed by atoms with E-state index in [0.29, 0.717) is 55.8 Å². The Morgan fingerprint density at radius 2 is 1.74 bits per heavy atom. The molecule has 4 nitrogen and oxygen atoms in total. The first-order valence-corrected chi connectivity index (χ1v) is 10.4. The van der Waals surface area contributed by atoms with Gasteiger partial charge in [0.1, 0.15) is 0 Å². The number of amides is 1. The molecule has 0 aromatic heterocycles. The Labute approximate surface area is 167 Å². The Balaban J connectivity index is 1.63. The van der Waals surface area contributed by atoms with Crippen molar-refractivity contribution in [1.29, 1.82) is 0 Å². The molecule has 1 aliphatic carbocycles. The fourth-order valence-electron chi connectivity index (χ4n) is 3.94. The van der Waals surface area contributed by atoms with Crippen LogP contribution in [0.4, 0.5) is 0 Å². The lowest BCUT2D eigenvalue weighted by molar-refractivity contribution is -0.160. The Bertz CT molecular complexity index is 673. The molecule has 1 aromatic rings. The molecular weight excluding hydrogens is 362 g/mol. The molecule has 1 aliphatic heterocycles. The first-order chi connectivity index (χ1) is 12.9. The van der Waals surface area contributed by atoms with Crippen LogP contribution in [-0.2, 0) is 20.7 Å². The lowest BCUT2D eigenvalue weighted by Crippen LogP contribution is -2.48. The van der Waals surface area contributed by atoms with Crippen molar-refractivity contribution in [3.8, 4) is 0 Å². The average Bonchev–Trinajstić information content (AvgIpc) is 3.40. The summed E-state index contributed by atoms with van der Waals surface area (Å²) in [6, 6.07) is 7.65. The van der Waals surface area contributed by atoms with Crippen LogP contribution >= 0.6 is 11.6 Å². The maximum Gasteiger partial charge on any atom is 0.312 e. The van der Waals surface area contributed by atoms with Gasteiger partial charge in [-0.05, 0) is 68.6 Å². The van der Waals surface area contributed by atoms with Gasteiger partial charge in [-0.1, -0.05) is 30.7 Å². The third kappa shape index (κ3) is 5.04. The number of ether oxygens (including phenoxy) is 1. The normalized spacial score (nSPS) is 20.2. The molecule has 3 rings (SSSR count). The number of rotatable bonds is 7. The minimum absolute atomic E-state index is 0.141. The molecule has 0 bridgehead atoms. The van der Waals surface area contributed by atoms with Crippen molar-refractivity contribution in [3.63, 3.8) is 0 Å². The Morgan fingerprint density at radius 1 is 1.11 bits per heavy atom. The van der Waals surface area contributed by atoms with Gasteiger partial charge in [-0.15, -0.1) is 0 Å². The standard InChI is InChI=1S/C22H30ClNO3/c1-3-27-20(26)22(16-17-4-6-18(23)7-5-17)12-14-24(15-13-22)19(25)8-9-21(2)10-11-21/h4-7H,3,8-16H2,1-2H3. The number of esters is 1. The highest BCUT2D eigenvalue weighted by atomic mass is 35.5. The average molecular weight is 392 g/mol. The molecule has 0 atom stereocenters. The van der Waals surface area contributed by atoms with Gasteiger partial charge in [-0.3, -0.25) is 9.59 Å². The van der Waals surface area contributed by atoms with Gasteiger partial charge in [0, 0.05) is 24.5 Å². The van der Waals surface area contributed by atoms with Gasteiger partial charge in [0.15, 0.2) is 0 Å². The number of carbonyl (C=O) groups is 2. The summed E-state index contributed by atoms with van der Waals surface area (Å²) < 4.78 is 5.41. The summed E-state index contributed by atoms with van der Waals surface area (Å²) in [6.45, 7) is 5.73. The van der Waals surface area contributed by atoms with Gasteiger partial charge in [-0.25, -0.2) is 0 Å². The number of piperidine rings is 1. The van der Waals surface area contributed by atoms with Gasteiger partial charge < -0.3 is 9.64 Å². The third-order valence-electron chi connectivity index (χ3n) is 6.28. The summed E-state index contributed by atoms with van der Waals surface area (Å²) in [7, 11) is 0. The molecule has 27 heavy (non-hydrogen) atoms. The van der Waals surface area contributed by atoms with Gasteiger partial charge in [0.05, 0.1) is 12.0 Å². The minimum Gasteiger partial charge on any atom is -0.466 e. The zero-order chi connectivity index (χ0) is 19.5. The number of likely N-dealkylation sites (tertiary alicyclic amines) is 1. The van der Waals surface area contributed by atoms with Crippen LogP contribution < -0.4 is 0 Å². The van der Waals surface area contributed by atoms with E-state index in [4.69, 9.17) is 16.3 Å². The Kier molecular flexibility index (Phi) is 6.15. The highest BCUT2D eigenvalue weighted by Crippen LogP contribution is 2.49. The molecule has 148 valence electrons. The van der Waals surface area contributed by atoms with Crippen molar-refractivity contribution in [2.75, 3.05) is 19.7 Å². The lowest BCUT2D eigenvalue weighted by atomic mass is 9.73. The first-order valence-electron chi connectivity index (χ1n) is 10.1. The molecule has 1 amide bonds. The maximum atomic E-state index is 12.8. The van der Waals surface area contributed by atoms with Crippen LogP contribution in [0.3, 0.4) is 0 Å². The van der Waals surface area contributed by atoms with Gasteiger partial charge in [-0.2, -0.15) is 0 Å². The largest absolute Gasteiger partial charge is 0.466 e. The summed E-state index contributed by atoms with van der Waals surface area (Å²) in [4.78, 5) is 27.3. The molecular formula is C22H30ClNO3. The number of carbonyl (C=O) groups excluding carboxylic acids is 2. The van der Waals surface area contributed by atoms with E-state index in [-0.39, 0.29) is 11.9 Å². The van der Waals surface area contributed by atoms with Crippen LogP contribution in [-0.4, -0.2) is 36.5 Å². The zero-order valence-corrected chi connectivity index (χ0v) is 17.2. The van der Waals surface area contributed by atoms with Gasteiger partial charge >= 0.3 is 5.97 Å². The number of hydrogen-bond donors (Lipinski definition) is 0. The lowest BCUT2D eigenvalue weighted by Gasteiger charge is -2.40. The second-order valence-corrected chi connectivity index (χ2v) is 8.93. The Hall–Kier alpha value is -1.55. The molecule has 0 spiro atoms. The van der Waals surface area contributed by atoms with E-state index in [1.807, 2.05) is 36.1 Å². The third-order valence-corrected chi connectivity index (χ3v) is 6.54. The van der Waals surface area contributed by atoms with Crippen LogP contribution in [0.1, 0.15) is 57.9 Å². The molecule has 1 saturated carbocycles. The van der Waals surface area contributed by atoms with Crippen LogP contribution in [0.15, 0.2) is 24.3 Å². The number of benzene rings is 1. The zero-order valence-electron chi connectivity index (χ0n) is 16.4. The Morgan fingerprint density at radius 3 is 2.30 bits per heavy atom. The van der Waals surface area contributed by atoms with E-state index in [0.717, 1.165) is 12.0 Å². The van der Waals surface area contributed by atoms with Crippen LogP contribution in [0.5, 0.6) is 0 Å². The van der Waals surface area contributed by atoms with E-state index in [2.05, 4.69) is 6.92 Å². The van der Waals surface area contributed by atoms with Crippen molar-refractivity contribution in [2.45, 2.75) is 58.8 Å². The minimum atomic E-state index is -0.552. The van der Waals surface area contributed by atoms with E-state index >= 15 is 0 Å². The summed E-state index contributed by atoms with van der Waals surface area (Å²) in [5.74, 6) is 0.0876. The van der Waals surface area contributed by atoms with Gasteiger partial charge in [0.2, 0.25) is 5.91 Å². The SMILES string of the molecule is CCOC(=O)C1(Cc2ccc(Cl)cc2)CCN(C(=O)CCC2(C)CC2)CC1. The number of nitrogens with zero attached hydrogens (tertiary/aromatic N) is 1. The van der Waals surface area contributed by atoms with Crippen LogP contribution in [0.2, 0.25) is 5.02 Å². The molecule has 2 aliphatic rings. The molecule has 0 radical (unpaired) electrons. The van der Waals surface area contributed by atoms with Crippen molar-refractivity contribution < 1.29 is 14.3 Å². The topological polar surface area (TPSA) is 46.6 Å². The molecule has 0 unspecified atom stereocenters. The van der Waals surface area contributed by atoms with E-state index < -0.39 is 5.41 Å². The smallest absolute Gasteiger partial charge is 0.312 e. The predicted octanol–water partition coefficient (Wildman–Crippen LogP) is 4.63. The first kappa shape index (κ1) is 20.2. The summed E-state index contributed by atoms with van der Waals surface area (Å²) in [6.07, 6.45) is 6.02. The van der Waals surface area contributed by atoms with Crippen molar-refractivity contribution in [1.82, 2.24) is 4.90 Å². The monoisotopic (exact) mass is 391 g/mol. The van der Waals surface area contributed by atoms with Crippen molar-refractivity contribution in [3.05, 3.63) is 34.9 Å². The highest BCUT2D eigenvalue weighted by molar-refractivity contribution is 6.30. The van der Waals surface area contributed by atoms with E-state index in [1.54, 1.807) is 0 Å². The van der Waals surface area contributed by atoms with Crippen molar-refractivity contribution >= 4 is 23.5 Å². The summed E-state index contributed by atoms with van der Waals surface area (Å²) in [5, 5.41) is 0.689. The summed E-state index contributed by atoms with van der Waals surface area (Å²) in [5.41, 5.74) is 0.923. The molecule has 1 heterocycles. The molecule has 5 heteroatoms. The quantitative estimate of drug-likeness (QED) is 0.636. The molecule has 1 saturated heterocycles. The fraction of sp³-hybridized carbons (Fsp3) is 0.636.